The van der Waals surface area contributed by atoms with E-state index in [0.717, 1.165) is 25.3 Å². The van der Waals surface area contributed by atoms with E-state index in [0.29, 0.717) is 5.52 Å². The molecule has 130 valence electrons. The quantitative estimate of drug-likeness (QED) is 0.895. The zero-order valence-electron chi connectivity index (χ0n) is 13.0. The van der Waals surface area contributed by atoms with Gasteiger partial charge in [0.25, 0.3) is 0 Å². The molecule has 0 saturated heterocycles. The van der Waals surface area contributed by atoms with Crippen LogP contribution in [0.4, 0.5) is 19.1 Å². The van der Waals surface area contributed by atoms with Crippen molar-refractivity contribution in [1.29, 1.82) is 0 Å². The summed E-state index contributed by atoms with van der Waals surface area (Å²) in [7, 11) is 0. The summed E-state index contributed by atoms with van der Waals surface area (Å²) >= 11 is 0. The number of aliphatic hydroxyl groups is 1. The van der Waals surface area contributed by atoms with Crippen LogP contribution in [0.3, 0.4) is 0 Å². The number of hydrogen-bond acceptors (Lipinski definition) is 4. The molecule has 0 aromatic carbocycles. The van der Waals surface area contributed by atoms with Crippen LogP contribution in [0.25, 0.3) is 11.2 Å². The van der Waals surface area contributed by atoms with E-state index in [9.17, 15) is 23.1 Å². The predicted octanol–water partition coefficient (Wildman–Crippen LogP) is 2.88. The van der Waals surface area contributed by atoms with Crippen molar-refractivity contribution in [2.45, 2.75) is 50.9 Å². The molecule has 9 heteroatoms. The number of imidazole rings is 1. The lowest BCUT2D eigenvalue weighted by Gasteiger charge is -2.28. The lowest BCUT2D eigenvalue weighted by molar-refractivity contribution is -0.141. The molecule has 1 atom stereocenters. The topological polar surface area (TPSA) is 80.0 Å². The van der Waals surface area contributed by atoms with E-state index < -0.39 is 23.9 Å². The van der Waals surface area contributed by atoms with Gasteiger partial charge in [0.15, 0.2) is 5.65 Å². The van der Waals surface area contributed by atoms with Crippen molar-refractivity contribution in [2.75, 3.05) is 5.32 Å². The number of hydrogen-bond donors (Lipinski definition) is 2. The molecule has 0 unspecified atom stereocenters. The Balaban J connectivity index is 2.03. The van der Waals surface area contributed by atoms with Crippen LogP contribution in [0.5, 0.6) is 0 Å². The van der Waals surface area contributed by atoms with Crippen molar-refractivity contribution >= 4 is 23.0 Å². The Morgan fingerprint density at radius 1 is 1.42 bits per heavy atom. The minimum absolute atomic E-state index is 0.0344. The van der Waals surface area contributed by atoms with Gasteiger partial charge in [-0.15, -0.1) is 0 Å². The van der Waals surface area contributed by atoms with Gasteiger partial charge in [0.1, 0.15) is 11.2 Å². The van der Waals surface area contributed by atoms with E-state index in [1.165, 1.54) is 13.0 Å². The van der Waals surface area contributed by atoms with E-state index in [-0.39, 0.29) is 24.1 Å². The molecule has 1 fully saturated rings. The molecule has 1 aliphatic rings. The second-order valence-electron chi connectivity index (χ2n) is 6.03. The number of aliphatic hydroxyl groups excluding tert-OH is 1. The minimum atomic E-state index is -4.54. The van der Waals surface area contributed by atoms with Gasteiger partial charge in [-0.25, -0.2) is 9.97 Å². The first-order valence-corrected chi connectivity index (χ1v) is 7.70. The summed E-state index contributed by atoms with van der Waals surface area (Å²) in [6.45, 7) is 1.48. The molecular formula is C15H17F3N4O2. The van der Waals surface area contributed by atoms with Gasteiger partial charge < -0.3 is 5.11 Å². The van der Waals surface area contributed by atoms with Gasteiger partial charge in [-0.3, -0.25) is 14.7 Å². The lowest BCUT2D eigenvalue weighted by atomic mass is 9.93. The average Bonchev–Trinajstić information content (AvgIpc) is 2.72. The second kappa shape index (κ2) is 6.04. The largest absolute Gasteiger partial charge is 0.433 e. The number of aromatic nitrogens is 3. The van der Waals surface area contributed by atoms with E-state index in [4.69, 9.17) is 0 Å². The summed E-state index contributed by atoms with van der Waals surface area (Å²) in [6, 6.07) is 2.10. The Labute approximate surface area is 135 Å². The minimum Gasteiger partial charge on any atom is -0.393 e. The Kier molecular flexibility index (Phi) is 4.20. The van der Waals surface area contributed by atoms with Crippen molar-refractivity contribution in [3.63, 3.8) is 0 Å². The van der Waals surface area contributed by atoms with Crippen molar-refractivity contribution in [1.82, 2.24) is 14.5 Å². The normalized spacial score (nSPS) is 16.9. The Hall–Kier alpha value is -2.16. The third-order valence-corrected chi connectivity index (χ3v) is 4.00. The van der Waals surface area contributed by atoms with E-state index in [1.54, 1.807) is 4.57 Å². The van der Waals surface area contributed by atoms with E-state index >= 15 is 0 Å². The number of nitrogens with one attached hydrogen (secondary N) is 1. The highest BCUT2D eigenvalue weighted by molar-refractivity contribution is 5.91. The summed E-state index contributed by atoms with van der Waals surface area (Å²) in [6.07, 6.45) is -2.93. The van der Waals surface area contributed by atoms with Crippen molar-refractivity contribution < 1.29 is 23.1 Å². The maximum Gasteiger partial charge on any atom is 0.433 e. The molecule has 24 heavy (non-hydrogen) atoms. The molecule has 1 amide bonds. The van der Waals surface area contributed by atoms with Gasteiger partial charge in [0, 0.05) is 6.04 Å². The van der Waals surface area contributed by atoms with Gasteiger partial charge in [0.05, 0.1) is 12.5 Å². The smallest absolute Gasteiger partial charge is 0.393 e. The molecule has 1 aliphatic carbocycles. The fourth-order valence-electron chi connectivity index (χ4n) is 2.65. The molecule has 3 rings (SSSR count). The first-order chi connectivity index (χ1) is 11.3. The highest BCUT2D eigenvalue weighted by Crippen LogP contribution is 2.37. The predicted molar refractivity (Wildman–Crippen MR) is 80.3 cm³/mol. The molecule has 0 spiro atoms. The van der Waals surface area contributed by atoms with Crippen molar-refractivity contribution in [3.8, 4) is 0 Å². The zero-order valence-corrected chi connectivity index (χ0v) is 13.0. The molecule has 2 N–H and O–H groups in total. The summed E-state index contributed by atoms with van der Waals surface area (Å²) < 4.78 is 40.3. The monoisotopic (exact) mass is 342 g/mol. The average molecular weight is 342 g/mol. The van der Waals surface area contributed by atoms with E-state index in [2.05, 4.69) is 15.3 Å². The Morgan fingerprint density at radius 3 is 2.67 bits per heavy atom. The summed E-state index contributed by atoms with van der Waals surface area (Å²) in [5.41, 5.74) is -0.582. The number of rotatable bonds is 4. The molecular weight excluding hydrogens is 325 g/mol. The third-order valence-electron chi connectivity index (χ3n) is 4.00. The molecule has 6 nitrogen and oxygen atoms in total. The van der Waals surface area contributed by atoms with Crippen molar-refractivity contribution in [2.24, 2.45) is 0 Å². The van der Waals surface area contributed by atoms with Gasteiger partial charge >= 0.3 is 6.18 Å². The van der Waals surface area contributed by atoms with Crippen LogP contribution >= 0.6 is 0 Å². The molecule has 2 aromatic rings. The lowest BCUT2D eigenvalue weighted by Crippen LogP contribution is -2.24. The number of carbonyl (C=O) groups excluding carboxylic acids is 1. The first kappa shape index (κ1) is 16.7. The number of fused-ring (bicyclic) bond motifs is 1. The molecule has 0 bridgehead atoms. The number of alkyl halides is 3. The Bertz CT molecular complexity index is 766. The zero-order chi connectivity index (χ0) is 17.5. The standard InChI is InChI=1S/C15H17F3N4O2/c1-8(23)7-12(24)21-14-19-10-5-6-11(15(16,17)18)20-13(10)22(14)9-3-2-4-9/h5-6,8-9,23H,2-4,7H2,1H3,(H,19,21,24)/t8-/m0/s1. The van der Waals surface area contributed by atoms with Crippen LogP contribution in [0, 0.1) is 0 Å². The molecule has 2 aromatic heterocycles. The van der Waals surface area contributed by atoms with Gasteiger partial charge in [-0.2, -0.15) is 13.2 Å². The summed E-state index contributed by atoms with van der Waals surface area (Å²) in [5.74, 6) is -0.274. The van der Waals surface area contributed by atoms with Gasteiger partial charge in [-0.1, -0.05) is 0 Å². The highest BCUT2D eigenvalue weighted by atomic mass is 19.4. The number of pyridine rings is 1. The van der Waals surface area contributed by atoms with Crippen LogP contribution in [0.15, 0.2) is 12.1 Å². The number of nitrogens with zero attached hydrogens (tertiary/aromatic N) is 3. The molecule has 2 heterocycles. The van der Waals surface area contributed by atoms with Crippen LogP contribution < -0.4 is 5.32 Å². The number of amides is 1. The van der Waals surface area contributed by atoms with Crippen LogP contribution in [-0.4, -0.2) is 31.7 Å². The number of carbonyl (C=O) groups is 1. The SMILES string of the molecule is C[C@H](O)CC(=O)Nc1nc2ccc(C(F)(F)F)nc2n1C1CCC1. The Morgan fingerprint density at radius 2 is 2.12 bits per heavy atom. The summed E-state index contributed by atoms with van der Waals surface area (Å²) in [4.78, 5) is 19.8. The van der Waals surface area contributed by atoms with Crippen LogP contribution in [0.1, 0.15) is 44.3 Å². The fourth-order valence-corrected chi connectivity index (χ4v) is 2.65. The maximum absolute atomic E-state index is 12.9. The maximum atomic E-state index is 12.9. The fraction of sp³-hybridized carbons (Fsp3) is 0.533. The highest BCUT2D eigenvalue weighted by Gasteiger charge is 2.34. The molecule has 1 saturated carbocycles. The second-order valence-corrected chi connectivity index (χ2v) is 6.03. The number of anilines is 1. The van der Waals surface area contributed by atoms with Crippen LogP contribution in [0.2, 0.25) is 0 Å². The van der Waals surface area contributed by atoms with Gasteiger partial charge in [0.2, 0.25) is 11.9 Å². The number of halogens is 3. The third kappa shape index (κ3) is 3.21. The molecule has 0 radical (unpaired) electrons. The summed E-state index contributed by atoms with van der Waals surface area (Å²) in [5, 5.41) is 11.8. The van der Waals surface area contributed by atoms with E-state index in [1.807, 2.05) is 0 Å². The molecule has 0 aliphatic heterocycles. The van der Waals surface area contributed by atoms with Crippen molar-refractivity contribution in [3.05, 3.63) is 17.8 Å². The van der Waals surface area contributed by atoms with Gasteiger partial charge in [-0.05, 0) is 38.3 Å². The first-order valence-electron chi connectivity index (χ1n) is 7.70. The van der Waals surface area contributed by atoms with Crippen LogP contribution in [-0.2, 0) is 11.0 Å².